The summed E-state index contributed by atoms with van der Waals surface area (Å²) in [6, 6.07) is 18.5. The lowest BCUT2D eigenvalue weighted by atomic mass is 9.73. The highest BCUT2D eigenvalue weighted by Gasteiger charge is 2.26. The zero-order valence-corrected chi connectivity index (χ0v) is 15.1. The fourth-order valence-electron chi connectivity index (χ4n) is 5.60. The molecule has 0 spiro atoms. The minimum Gasteiger partial charge on any atom is -0.0616 e. The molecule has 0 radical (unpaired) electrons. The van der Waals surface area contributed by atoms with E-state index in [4.69, 9.17) is 0 Å². The molecule has 1 unspecified atom stereocenters. The van der Waals surface area contributed by atoms with Gasteiger partial charge in [-0.05, 0) is 70.2 Å². The van der Waals surface area contributed by atoms with E-state index < -0.39 is 0 Å². The third kappa shape index (κ3) is 2.76. The maximum atomic E-state index is 2.44. The molecule has 3 aromatic rings. The Bertz CT molecular complexity index is 898. The maximum Gasteiger partial charge on any atom is -0.0102 e. The fourth-order valence-corrected chi connectivity index (χ4v) is 5.60. The lowest BCUT2D eigenvalue weighted by Crippen LogP contribution is -2.16. The summed E-state index contributed by atoms with van der Waals surface area (Å²) in [7, 11) is 0. The molecule has 3 aromatic carbocycles. The van der Waals surface area contributed by atoms with E-state index in [1.54, 1.807) is 11.1 Å². The Kier molecular flexibility index (Phi) is 4.00. The predicted molar refractivity (Wildman–Crippen MR) is 108 cm³/mol. The quantitative estimate of drug-likeness (QED) is 0.430. The van der Waals surface area contributed by atoms with E-state index in [-0.39, 0.29) is 0 Å². The van der Waals surface area contributed by atoms with Gasteiger partial charge in [-0.15, -0.1) is 0 Å². The molecule has 0 amide bonds. The maximum absolute atomic E-state index is 2.44. The van der Waals surface area contributed by atoms with Crippen molar-refractivity contribution in [2.24, 2.45) is 5.92 Å². The molecule has 0 aromatic heterocycles. The van der Waals surface area contributed by atoms with Crippen LogP contribution in [0, 0.1) is 5.92 Å². The van der Waals surface area contributed by atoms with Gasteiger partial charge in [0.15, 0.2) is 0 Å². The first-order valence-corrected chi connectivity index (χ1v) is 10.3. The van der Waals surface area contributed by atoms with Gasteiger partial charge >= 0.3 is 0 Å². The van der Waals surface area contributed by atoms with Gasteiger partial charge in [0.1, 0.15) is 0 Å². The molecule has 128 valence electrons. The van der Waals surface area contributed by atoms with Gasteiger partial charge in [-0.25, -0.2) is 0 Å². The van der Waals surface area contributed by atoms with Gasteiger partial charge in [-0.3, -0.25) is 0 Å². The third-order valence-corrected chi connectivity index (χ3v) is 6.81. The van der Waals surface area contributed by atoms with Crippen molar-refractivity contribution < 1.29 is 0 Å². The van der Waals surface area contributed by atoms with Crippen molar-refractivity contribution in [3.05, 3.63) is 59.7 Å². The number of hydrogen-bond acceptors (Lipinski definition) is 0. The summed E-state index contributed by atoms with van der Waals surface area (Å²) in [6.45, 7) is 0. The van der Waals surface area contributed by atoms with Gasteiger partial charge in [0, 0.05) is 0 Å². The SMILES string of the molecule is c1ccc2c(c1)ccc1c3c(ccc12)CCCC3CC1CCCCC1. The zero-order chi connectivity index (χ0) is 16.6. The molecule has 2 aliphatic rings. The molecule has 0 heteroatoms. The highest BCUT2D eigenvalue weighted by molar-refractivity contribution is 6.08. The number of fused-ring (bicyclic) bond motifs is 5. The summed E-state index contributed by atoms with van der Waals surface area (Å²) in [5.74, 6) is 1.76. The Morgan fingerprint density at radius 3 is 2.44 bits per heavy atom. The highest BCUT2D eigenvalue weighted by Crippen LogP contribution is 2.43. The Balaban J connectivity index is 1.62. The molecule has 0 nitrogen and oxygen atoms in total. The summed E-state index contributed by atoms with van der Waals surface area (Å²) in [5.41, 5.74) is 3.34. The van der Waals surface area contributed by atoms with Gasteiger partial charge in [0.2, 0.25) is 0 Å². The van der Waals surface area contributed by atoms with Gasteiger partial charge in [-0.2, -0.15) is 0 Å². The Hall–Kier alpha value is -1.82. The molecule has 1 saturated carbocycles. The van der Waals surface area contributed by atoms with Crippen LogP contribution in [0.1, 0.15) is 68.4 Å². The van der Waals surface area contributed by atoms with Crippen molar-refractivity contribution in [1.29, 1.82) is 0 Å². The summed E-state index contributed by atoms with van der Waals surface area (Å²) in [6.07, 6.45) is 12.8. The minimum atomic E-state index is 0.789. The second-order valence-corrected chi connectivity index (χ2v) is 8.35. The summed E-state index contributed by atoms with van der Waals surface area (Å²) in [4.78, 5) is 0. The standard InChI is InChI=1S/C25H28/c1-2-7-18(8-3-1)17-21-11-6-10-20-14-15-23-22-12-5-4-9-19(22)13-16-24(23)25(20)21/h4-5,9,12-16,18,21H,1-3,6-8,10-11,17H2. The molecule has 25 heavy (non-hydrogen) atoms. The lowest BCUT2D eigenvalue weighted by molar-refractivity contribution is 0.307. The number of rotatable bonds is 2. The van der Waals surface area contributed by atoms with E-state index in [1.807, 2.05) is 0 Å². The zero-order valence-electron chi connectivity index (χ0n) is 15.1. The van der Waals surface area contributed by atoms with Crippen LogP contribution in [-0.2, 0) is 6.42 Å². The number of aryl methyl sites for hydroxylation is 1. The summed E-state index contributed by atoms with van der Waals surface area (Å²) >= 11 is 0. The van der Waals surface area contributed by atoms with Crippen molar-refractivity contribution >= 4 is 21.5 Å². The highest BCUT2D eigenvalue weighted by atomic mass is 14.3. The summed E-state index contributed by atoms with van der Waals surface area (Å²) < 4.78 is 0. The van der Waals surface area contributed by atoms with Crippen LogP contribution in [0.3, 0.4) is 0 Å². The van der Waals surface area contributed by atoms with Crippen molar-refractivity contribution in [1.82, 2.24) is 0 Å². The van der Waals surface area contributed by atoms with Crippen LogP contribution in [0.5, 0.6) is 0 Å². The molecule has 0 bridgehead atoms. The Morgan fingerprint density at radius 1 is 0.680 bits per heavy atom. The van der Waals surface area contributed by atoms with Crippen molar-refractivity contribution in [2.75, 3.05) is 0 Å². The predicted octanol–water partition coefficient (Wildman–Crippen LogP) is 7.38. The third-order valence-electron chi connectivity index (χ3n) is 6.81. The van der Waals surface area contributed by atoms with E-state index in [0.29, 0.717) is 0 Å². The molecule has 1 atom stereocenters. The van der Waals surface area contributed by atoms with Crippen LogP contribution in [0.4, 0.5) is 0 Å². The molecule has 5 rings (SSSR count). The lowest BCUT2D eigenvalue weighted by Gasteiger charge is -2.32. The molecule has 1 fully saturated rings. The fraction of sp³-hybridized carbons (Fsp3) is 0.440. The molecular weight excluding hydrogens is 300 g/mol. The number of benzene rings is 3. The van der Waals surface area contributed by atoms with Gasteiger partial charge < -0.3 is 0 Å². The number of hydrogen-bond donors (Lipinski definition) is 0. The monoisotopic (exact) mass is 328 g/mol. The van der Waals surface area contributed by atoms with Gasteiger partial charge in [-0.1, -0.05) is 80.6 Å². The minimum absolute atomic E-state index is 0.789. The average molecular weight is 328 g/mol. The first kappa shape index (κ1) is 15.4. The van der Waals surface area contributed by atoms with E-state index >= 15 is 0 Å². The van der Waals surface area contributed by atoms with Crippen molar-refractivity contribution in [3.63, 3.8) is 0 Å². The molecular formula is C25H28. The first-order chi connectivity index (χ1) is 12.4. The molecule has 0 heterocycles. The van der Waals surface area contributed by atoms with E-state index in [2.05, 4.69) is 48.5 Å². The summed E-state index contributed by atoms with van der Waals surface area (Å²) in [5, 5.41) is 5.79. The molecule has 0 aliphatic heterocycles. The van der Waals surface area contributed by atoms with E-state index in [9.17, 15) is 0 Å². The molecule has 0 saturated heterocycles. The van der Waals surface area contributed by atoms with Crippen LogP contribution in [0.15, 0.2) is 48.5 Å². The van der Waals surface area contributed by atoms with E-state index in [1.165, 1.54) is 79.3 Å². The van der Waals surface area contributed by atoms with E-state index in [0.717, 1.165) is 11.8 Å². The van der Waals surface area contributed by atoms with Crippen LogP contribution < -0.4 is 0 Å². The van der Waals surface area contributed by atoms with Gasteiger partial charge in [0.25, 0.3) is 0 Å². The molecule has 2 aliphatic carbocycles. The largest absolute Gasteiger partial charge is 0.0616 e. The Labute approximate surface area is 151 Å². The molecule has 0 N–H and O–H groups in total. The normalized spacial score (nSPS) is 21.5. The van der Waals surface area contributed by atoms with Gasteiger partial charge in [0.05, 0.1) is 0 Å². The van der Waals surface area contributed by atoms with Crippen molar-refractivity contribution in [3.8, 4) is 0 Å². The van der Waals surface area contributed by atoms with Crippen LogP contribution in [-0.4, -0.2) is 0 Å². The second-order valence-electron chi connectivity index (χ2n) is 8.35. The van der Waals surface area contributed by atoms with Crippen molar-refractivity contribution in [2.45, 2.75) is 63.7 Å². The first-order valence-electron chi connectivity index (χ1n) is 10.3. The topological polar surface area (TPSA) is 0 Å². The van der Waals surface area contributed by atoms with Crippen LogP contribution >= 0.6 is 0 Å². The Morgan fingerprint density at radius 2 is 1.52 bits per heavy atom. The van der Waals surface area contributed by atoms with Crippen LogP contribution in [0.25, 0.3) is 21.5 Å². The second kappa shape index (κ2) is 6.48. The average Bonchev–Trinajstić information content (AvgIpc) is 2.68. The smallest absolute Gasteiger partial charge is 0.0102 e. The van der Waals surface area contributed by atoms with Crippen LogP contribution in [0.2, 0.25) is 0 Å².